The van der Waals surface area contributed by atoms with Crippen molar-refractivity contribution in [1.29, 1.82) is 0 Å². The normalized spacial score (nSPS) is 10.5. The van der Waals surface area contributed by atoms with Crippen LogP contribution in [-0.2, 0) is 14.3 Å². The molecule has 3 rings (SSSR count). The highest BCUT2D eigenvalue weighted by molar-refractivity contribution is 7.86. The lowest BCUT2D eigenvalue weighted by molar-refractivity contribution is 0.306. The first-order valence-electron chi connectivity index (χ1n) is 12.0. The van der Waals surface area contributed by atoms with Gasteiger partial charge in [-0.05, 0) is 42.8 Å². The highest BCUT2D eigenvalue weighted by Gasteiger charge is 2.13. The Kier molecular flexibility index (Phi) is 17.5. The van der Waals surface area contributed by atoms with Gasteiger partial charge in [0.05, 0.1) is 11.5 Å². The number of rotatable bonds is 13. The van der Waals surface area contributed by atoms with Crippen molar-refractivity contribution in [2.45, 2.75) is 76.0 Å². The summed E-state index contributed by atoms with van der Waals surface area (Å²) in [6.07, 6.45) is 19.5. The molecule has 182 valence electrons. The van der Waals surface area contributed by atoms with Crippen molar-refractivity contribution >= 4 is 10.1 Å². The fraction of sp³-hybridized carbons (Fsp3) is 0.444. The number of benzene rings is 1. The van der Waals surface area contributed by atoms with Gasteiger partial charge in [-0.25, -0.2) is 0 Å². The largest absolute Gasteiger partial charge is 0.368 e. The minimum atomic E-state index is -3.57. The molecule has 0 aliphatic carbocycles. The van der Waals surface area contributed by atoms with E-state index in [4.69, 9.17) is 4.18 Å². The maximum Gasteiger partial charge on any atom is 0.296 e. The zero-order chi connectivity index (χ0) is 23.9. The molecule has 0 bridgehead atoms. The lowest BCUT2D eigenvalue weighted by atomic mass is 10.1. The summed E-state index contributed by atoms with van der Waals surface area (Å²) in [5, 5.41) is 0. The Morgan fingerprint density at radius 3 is 1.64 bits per heavy atom. The number of hydrogen-bond acceptors (Lipinski definition) is 4. The fourth-order valence-electron chi connectivity index (χ4n) is 3.00. The van der Waals surface area contributed by atoms with Crippen molar-refractivity contribution in [2.75, 3.05) is 6.61 Å². The van der Waals surface area contributed by atoms with E-state index in [2.05, 4.69) is 16.9 Å². The lowest BCUT2D eigenvalue weighted by Crippen LogP contribution is -2.07. The summed E-state index contributed by atoms with van der Waals surface area (Å²) in [7, 11) is -3.57. The number of pyridine rings is 1. The van der Waals surface area contributed by atoms with Gasteiger partial charge in [0.25, 0.3) is 10.1 Å². The number of H-pyrrole nitrogens is 1. The van der Waals surface area contributed by atoms with E-state index in [1.807, 2.05) is 42.7 Å². The van der Waals surface area contributed by atoms with Gasteiger partial charge in [0.2, 0.25) is 0 Å². The fourth-order valence-corrected chi connectivity index (χ4v) is 3.97. The molecule has 1 aromatic carbocycles. The summed E-state index contributed by atoms with van der Waals surface area (Å²) in [6, 6.07) is 17.9. The Labute approximate surface area is 200 Å². The molecule has 0 saturated heterocycles. The van der Waals surface area contributed by atoms with Crippen molar-refractivity contribution in [3.63, 3.8) is 0 Å². The minimum Gasteiger partial charge on any atom is -0.368 e. The molecule has 0 amide bonds. The van der Waals surface area contributed by atoms with Crippen LogP contribution in [0.3, 0.4) is 0 Å². The molecule has 0 aliphatic rings. The minimum absolute atomic E-state index is 0.238. The van der Waals surface area contributed by atoms with Crippen LogP contribution in [0.2, 0.25) is 0 Å². The number of aromatic nitrogens is 2. The van der Waals surface area contributed by atoms with E-state index in [-0.39, 0.29) is 11.5 Å². The zero-order valence-electron chi connectivity index (χ0n) is 19.9. The SMILES string of the molecule is CCCCCCCCCCCCOS(=O)(=O)c1ccccc1.c1cc[nH]c1.c1ccncc1. The van der Waals surface area contributed by atoms with Crippen molar-refractivity contribution in [3.05, 3.63) is 85.5 Å². The average Bonchev–Trinajstić information content (AvgIpc) is 3.45. The van der Waals surface area contributed by atoms with Crippen LogP contribution in [0.15, 0.2) is 90.3 Å². The second-order valence-corrected chi connectivity index (χ2v) is 9.30. The summed E-state index contributed by atoms with van der Waals surface area (Å²) < 4.78 is 28.8. The van der Waals surface area contributed by atoms with Crippen molar-refractivity contribution in [3.8, 4) is 0 Å². The summed E-state index contributed by atoms with van der Waals surface area (Å²) in [6.45, 7) is 2.52. The molecular formula is C27H40N2O3S. The van der Waals surface area contributed by atoms with Crippen molar-refractivity contribution in [1.82, 2.24) is 9.97 Å². The smallest absolute Gasteiger partial charge is 0.296 e. The highest BCUT2D eigenvalue weighted by atomic mass is 32.2. The molecule has 0 unspecified atom stereocenters. The molecule has 0 fully saturated rings. The van der Waals surface area contributed by atoms with Crippen LogP contribution in [0.25, 0.3) is 0 Å². The van der Waals surface area contributed by atoms with Crippen LogP contribution in [0.1, 0.15) is 71.1 Å². The first-order valence-corrected chi connectivity index (χ1v) is 13.4. The molecule has 1 N–H and O–H groups in total. The van der Waals surface area contributed by atoms with Crippen LogP contribution >= 0.6 is 0 Å². The molecule has 0 atom stereocenters. The van der Waals surface area contributed by atoms with E-state index in [9.17, 15) is 8.42 Å². The molecular weight excluding hydrogens is 432 g/mol. The van der Waals surface area contributed by atoms with Gasteiger partial charge in [-0.2, -0.15) is 8.42 Å². The van der Waals surface area contributed by atoms with Gasteiger partial charge >= 0.3 is 0 Å². The molecule has 3 aromatic rings. The molecule has 0 aliphatic heterocycles. The highest BCUT2D eigenvalue weighted by Crippen LogP contribution is 2.13. The van der Waals surface area contributed by atoms with Gasteiger partial charge in [0.15, 0.2) is 0 Å². The van der Waals surface area contributed by atoms with E-state index in [0.29, 0.717) is 0 Å². The van der Waals surface area contributed by atoms with E-state index < -0.39 is 10.1 Å². The Morgan fingerprint density at radius 2 is 1.21 bits per heavy atom. The Morgan fingerprint density at radius 1 is 0.697 bits per heavy atom. The van der Waals surface area contributed by atoms with Gasteiger partial charge < -0.3 is 4.98 Å². The number of aromatic amines is 1. The van der Waals surface area contributed by atoms with Gasteiger partial charge in [-0.3, -0.25) is 9.17 Å². The first kappa shape index (κ1) is 28.6. The average molecular weight is 473 g/mol. The maximum atomic E-state index is 11.9. The zero-order valence-corrected chi connectivity index (χ0v) is 20.8. The summed E-state index contributed by atoms with van der Waals surface area (Å²) in [5.41, 5.74) is 0. The molecule has 33 heavy (non-hydrogen) atoms. The number of hydrogen-bond donors (Lipinski definition) is 1. The number of nitrogens with one attached hydrogen (secondary N) is 1. The third kappa shape index (κ3) is 16.8. The lowest BCUT2D eigenvalue weighted by Gasteiger charge is -2.05. The van der Waals surface area contributed by atoms with E-state index in [0.717, 1.165) is 12.8 Å². The van der Waals surface area contributed by atoms with Crippen molar-refractivity contribution in [2.24, 2.45) is 0 Å². The summed E-state index contributed by atoms with van der Waals surface area (Å²) in [4.78, 5) is 6.88. The summed E-state index contributed by atoms with van der Waals surface area (Å²) >= 11 is 0. The molecule has 6 heteroatoms. The Hall–Kier alpha value is -2.44. The van der Waals surface area contributed by atoms with Crippen LogP contribution in [0.4, 0.5) is 0 Å². The molecule has 5 nitrogen and oxygen atoms in total. The second kappa shape index (κ2) is 20.2. The van der Waals surface area contributed by atoms with Crippen LogP contribution in [0.5, 0.6) is 0 Å². The number of nitrogens with zero attached hydrogens (tertiary/aromatic N) is 1. The first-order chi connectivity index (χ1) is 16.2. The predicted octanol–water partition coefficient (Wildman–Crippen LogP) is 7.41. The number of unbranched alkanes of at least 4 members (excludes halogenated alkanes) is 9. The predicted molar refractivity (Wildman–Crippen MR) is 136 cm³/mol. The second-order valence-electron chi connectivity index (χ2n) is 7.68. The van der Waals surface area contributed by atoms with E-state index >= 15 is 0 Å². The molecule has 2 aromatic heterocycles. The van der Waals surface area contributed by atoms with Crippen LogP contribution < -0.4 is 0 Å². The van der Waals surface area contributed by atoms with Gasteiger partial charge in [0.1, 0.15) is 0 Å². The van der Waals surface area contributed by atoms with E-state index in [1.54, 1.807) is 42.7 Å². The third-order valence-corrected chi connectivity index (χ3v) is 6.16. The monoisotopic (exact) mass is 472 g/mol. The van der Waals surface area contributed by atoms with Crippen LogP contribution in [0, 0.1) is 0 Å². The third-order valence-electron chi connectivity index (χ3n) is 4.83. The van der Waals surface area contributed by atoms with Gasteiger partial charge in [-0.1, -0.05) is 89.0 Å². The maximum absolute atomic E-state index is 11.9. The van der Waals surface area contributed by atoms with Gasteiger partial charge in [-0.15, -0.1) is 0 Å². The van der Waals surface area contributed by atoms with Crippen LogP contribution in [-0.4, -0.2) is 25.0 Å². The topological polar surface area (TPSA) is 72.1 Å². The Balaban J connectivity index is 0.000000396. The quantitative estimate of drug-likeness (QED) is 0.208. The molecule has 0 spiro atoms. The standard InChI is InChI=1S/C18H30O3S.C5H5N.C4H5N/c1-2-3-4-5-6-7-8-9-10-14-17-21-22(19,20)18-15-12-11-13-16-18;1-2-4-6-5-3-1;1-2-4-5-3-1/h11-13,15-16H,2-10,14,17H2,1H3;1-5H;1-5H. The summed E-state index contributed by atoms with van der Waals surface area (Å²) in [5.74, 6) is 0. The molecule has 0 radical (unpaired) electrons. The van der Waals surface area contributed by atoms with Gasteiger partial charge in [0, 0.05) is 24.8 Å². The Bertz CT molecular complexity index is 811. The van der Waals surface area contributed by atoms with Crippen molar-refractivity contribution < 1.29 is 12.6 Å². The van der Waals surface area contributed by atoms with E-state index in [1.165, 1.54) is 51.4 Å². The molecule has 2 heterocycles. The molecule has 0 saturated carbocycles.